The number of rotatable bonds is 3. The highest BCUT2D eigenvalue weighted by atomic mass is 35.5. The topological polar surface area (TPSA) is 46.3 Å². The maximum absolute atomic E-state index is 12.2. The van der Waals surface area contributed by atoms with Crippen molar-refractivity contribution < 1.29 is 4.79 Å². The van der Waals surface area contributed by atoms with Crippen LogP contribution in [-0.2, 0) is 4.79 Å². The Labute approximate surface area is 123 Å². The number of anilines is 1. The van der Waals surface area contributed by atoms with Crippen molar-refractivity contribution in [2.45, 2.75) is 44.7 Å². The van der Waals surface area contributed by atoms with Crippen molar-refractivity contribution in [3.63, 3.8) is 0 Å². The van der Waals surface area contributed by atoms with Gasteiger partial charge >= 0.3 is 0 Å². The molecule has 5 heteroatoms. The Morgan fingerprint density at radius 2 is 2.11 bits per heavy atom. The standard InChI is InChI=1S/C14H18Cl2N2O/c1-2-14(19)18(13-5-3-4-12(13)17)9-6-7-10(15)11(16)8-9/h6-8,12-13H,2-5,17H2,1H3/t12-,13-/m1/s1. The summed E-state index contributed by atoms with van der Waals surface area (Å²) < 4.78 is 0. The zero-order valence-corrected chi connectivity index (χ0v) is 12.4. The van der Waals surface area contributed by atoms with Gasteiger partial charge in [0, 0.05) is 18.2 Å². The van der Waals surface area contributed by atoms with E-state index in [9.17, 15) is 4.79 Å². The fraction of sp³-hybridized carbons (Fsp3) is 0.500. The van der Waals surface area contributed by atoms with Crippen molar-refractivity contribution in [2.75, 3.05) is 4.90 Å². The third-order valence-corrected chi connectivity index (χ3v) is 4.35. The van der Waals surface area contributed by atoms with Gasteiger partial charge in [-0.25, -0.2) is 0 Å². The van der Waals surface area contributed by atoms with E-state index >= 15 is 0 Å². The van der Waals surface area contributed by atoms with Crippen molar-refractivity contribution in [1.29, 1.82) is 0 Å². The third-order valence-electron chi connectivity index (χ3n) is 3.62. The summed E-state index contributed by atoms with van der Waals surface area (Å²) in [6, 6.07) is 5.37. The van der Waals surface area contributed by atoms with Crippen molar-refractivity contribution in [3.8, 4) is 0 Å². The minimum atomic E-state index is 0.0324. The average molecular weight is 301 g/mol. The van der Waals surface area contributed by atoms with Crippen molar-refractivity contribution in [1.82, 2.24) is 0 Å². The van der Waals surface area contributed by atoms with Gasteiger partial charge in [0.05, 0.1) is 16.1 Å². The van der Waals surface area contributed by atoms with E-state index < -0.39 is 0 Å². The monoisotopic (exact) mass is 300 g/mol. The molecule has 0 spiro atoms. The van der Waals surface area contributed by atoms with E-state index in [-0.39, 0.29) is 18.0 Å². The molecule has 0 aromatic heterocycles. The van der Waals surface area contributed by atoms with Crippen LogP contribution in [0, 0.1) is 0 Å². The summed E-state index contributed by atoms with van der Waals surface area (Å²) in [4.78, 5) is 14.0. The molecule has 1 amide bonds. The van der Waals surface area contributed by atoms with Crippen LogP contribution in [0.1, 0.15) is 32.6 Å². The van der Waals surface area contributed by atoms with Crippen LogP contribution in [0.5, 0.6) is 0 Å². The van der Waals surface area contributed by atoms with Crippen LogP contribution in [0.2, 0.25) is 10.0 Å². The highest BCUT2D eigenvalue weighted by Gasteiger charge is 2.33. The number of nitrogens with two attached hydrogens (primary N) is 1. The summed E-state index contributed by atoms with van der Waals surface area (Å²) in [5.74, 6) is 0.0701. The van der Waals surface area contributed by atoms with Gasteiger partial charge in [-0.1, -0.05) is 30.1 Å². The molecule has 1 aliphatic carbocycles. The molecule has 1 aromatic rings. The summed E-state index contributed by atoms with van der Waals surface area (Å²) >= 11 is 12.0. The van der Waals surface area contributed by atoms with Crippen molar-refractivity contribution in [3.05, 3.63) is 28.2 Å². The Morgan fingerprint density at radius 1 is 1.37 bits per heavy atom. The minimum absolute atomic E-state index is 0.0324. The first-order valence-electron chi connectivity index (χ1n) is 6.57. The van der Waals surface area contributed by atoms with E-state index in [1.165, 1.54) is 0 Å². The fourth-order valence-corrected chi connectivity index (χ4v) is 2.91. The van der Waals surface area contributed by atoms with E-state index in [0.29, 0.717) is 16.5 Å². The predicted octanol–water partition coefficient (Wildman–Crippen LogP) is 3.62. The van der Waals surface area contributed by atoms with E-state index in [0.717, 1.165) is 24.9 Å². The number of benzene rings is 1. The molecule has 0 radical (unpaired) electrons. The number of halogens is 2. The third kappa shape index (κ3) is 3.04. The largest absolute Gasteiger partial charge is 0.326 e. The first-order valence-corrected chi connectivity index (χ1v) is 7.33. The van der Waals surface area contributed by atoms with Crippen LogP contribution in [0.25, 0.3) is 0 Å². The number of hydrogen-bond donors (Lipinski definition) is 1. The Morgan fingerprint density at radius 3 is 2.63 bits per heavy atom. The zero-order valence-electron chi connectivity index (χ0n) is 10.9. The Kier molecular flexibility index (Phi) is 4.71. The van der Waals surface area contributed by atoms with Crippen LogP contribution >= 0.6 is 23.2 Å². The van der Waals surface area contributed by atoms with Crippen LogP contribution in [0.15, 0.2) is 18.2 Å². The molecular weight excluding hydrogens is 283 g/mol. The molecule has 104 valence electrons. The van der Waals surface area contributed by atoms with Gasteiger partial charge in [0.1, 0.15) is 0 Å². The van der Waals surface area contributed by atoms with E-state index in [4.69, 9.17) is 28.9 Å². The zero-order chi connectivity index (χ0) is 14.0. The second-order valence-corrected chi connectivity index (χ2v) is 5.69. The lowest BCUT2D eigenvalue weighted by Gasteiger charge is -2.32. The highest BCUT2D eigenvalue weighted by molar-refractivity contribution is 6.42. The van der Waals surface area contributed by atoms with Gasteiger partial charge in [-0.15, -0.1) is 0 Å². The second kappa shape index (κ2) is 6.12. The number of nitrogens with zero attached hydrogens (tertiary/aromatic N) is 1. The van der Waals surface area contributed by atoms with Gasteiger partial charge in [0.25, 0.3) is 0 Å². The Hall–Kier alpha value is -0.770. The molecule has 19 heavy (non-hydrogen) atoms. The normalized spacial score (nSPS) is 22.5. The van der Waals surface area contributed by atoms with Gasteiger partial charge in [0.15, 0.2) is 0 Å². The summed E-state index contributed by atoms with van der Waals surface area (Å²) in [5.41, 5.74) is 6.91. The molecule has 2 rings (SSSR count). The van der Waals surface area contributed by atoms with Gasteiger partial charge in [-0.05, 0) is 37.5 Å². The smallest absolute Gasteiger partial charge is 0.227 e. The van der Waals surface area contributed by atoms with Crippen molar-refractivity contribution in [2.24, 2.45) is 5.73 Å². The Balaban J connectivity index is 2.36. The molecular formula is C14H18Cl2N2O. The molecule has 1 fully saturated rings. The molecule has 0 saturated heterocycles. The number of carbonyl (C=O) groups excluding carboxylic acids is 1. The molecule has 0 aliphatic heterocycles. The van der Waals surface area contributed by atoms with Gasteiger partial charge < -0.3 is 10.6 Å². The molecule has 0 unspecified atom stereocenters. The summed E-state index contributed by atoms with van der Waals surface area (Å²) in [5, 5.41) is 0.949. The molecule has 3 nitrogen and oxygen atoms in total. The van der Waals surface area contributed by atoms with Gasteiger partial charge in [-0.3, -0.25) is 4.79 Å². The molecule has 1 saturated carbocycles. The number of carbonyl (C=O) groups is 1. The Bertz CT molecular complexity index is 479. The first kappa shape index (κ1) is 14.6. The number of amides is 1. The molecule has 2 N–H and O–H groups in total. The predicted molar refractivity (Wildman–Crippen MR) is 79.9 cm³/mol. The fourth-order valence-electron chi connectivity index (χ4n) is 2.62. The van der Waals surface area contributed by atoms with Crippen molar-refractivity contribution >= 4 is 34.8 Å². The average Bonchev–Trinajstić information content (AvgIpc) is 2.80. The lowest BCUT2D eigenvalue weighted by atomic mass is 10.1. The summed E-state index contributed by atoms with van der Waals surface area (Å²) in [6.45, 7) is 1.85. The van der Waals surface area contributed by atoms with Crippen LogP contribution in [0.4, 0.5) is 5.69 Å². The van der Waals surface area contributed by atoms with E-state index in [1.54, 1.807) is 17.0 Å². The maximum atomic E-state index is 12.2. The lowest BCUT2D eigenvalue weighted by Crippen LogP contribution is -2.47. The molecule has 0 bridgehead atoms. The first-order chi connectivity index (χ1) is 9.04. The number of hydrogen-bond acceptors (Lipinski definition) is 2. The minimum Gasteiger partial charge on any atom is -0.326 e. The van der Waals surface area contributed by atoms with E-state index in [1.807, 2.05) is 13.0 Å². The SMILES string of the molecule is CCC(=O)N(c1ccc(Cl)c(Cl)c1)[C@@H]1CCC[C@H]1N. The van der Waals surface area contributed by atoms with E-state index in [2.05, 4.69) is 0 Å². The molecule has 1 aliphatic rings. The van der Waals surface area contributed by atoms with Crippen LogP contribution in [0.3, 0.4) is 0 Å². The molecule has 1 aromatic carbocycles. The summed E-state index contributed by atoms with van der Waals surface area (Å²) in [7, 11) is 0. The molecule has 0 heterocycles. The summed E-state index contributed by atoms with van der Waals surface area (Å²) in [6.07, 6.45) is 3.40. The van der Waals surface area contributed by atoms with Gasteiger partial charge in [0.2, 0.25) is 5.91 Å². The quantitative estimate of drug-likeness (QED) is 0.927. The maximum Gasteiger partial charge on any atom is 0.227 e. The van der Waals surface area contributed by atoms with Gasteiger partial charge in [-0.2, -0.15) is 0 Å². The van der Waals surface area contributed by atoms with Crippen LogP contribution < -0.4 is 10.6 Å². The second-order valence-electron chi connectivity index (χ2n) is 4.88. The van der Waals surface area contributed by atoms with Crippen LogP contribution in [-0.4, -0.2) is 18.0 Å². The lowest BCUT2D eigenvalue weighted by molar-refractivity contribution is -0.118. The highest BCUT2D eigenvalue weighted by Crippen LogP contribution is 2.32. The molecule has 2 atom stereocenters.